The molecule has 48 heavy (non-hydrogen) atoms. The molecule has 4 aromatic heterocycles. The molecule has 0 aliphatic rings. The molecule has 4 heterocycles. The zero-order valence-corrected chi connectivity index (χ0v) is 25.5. The fraction of sp³-hybridized carbons (Fsp3) is 0.294. The Labute approximate surface area is 320 Å². The highest BCUT2D eigenvalue weighted by Crippen LogP contribution is 2.27. The Morgan fingerprint density at radius 1 is 0.667 bits per heavy atom. The number of pyridine rings is 2. The second-order valence-corrected chi connectivity index (χ2v) is 11.9. The predicted octanol–water partition coefficient (Wildman–Crippen LogP) is 5.06. The van der Waals surface area contributed by atoms with Crippen molar-refractivity contribution >= 4 is 43.7 Å². The summed E-state index contributed by atoms with van der Waals surface area (Å²) in [6.07, 6.45) is -1.95. The summed E-state index contributed by atoms with van der Waals surface area (Å²) in [6.45, 7) is -12.6. The highest BCUT2D eigenvalue weighted by atomic mass is 32.2. The Morgan fingerprint density at radius 2 is 1.12 bits per heavy atom. The van der Waals surface area contributed by atoms with E-state index in [9.17, 15) is 8.42 Å². The highest BCUT2D eigenvalue weighted by molar-refractivity contribution is 7.84. The Morgan fingerprint density at radius 3 is 1.52 bits per heavy atom. The SMILES string of the molecule is [2H]c1nc(C[S@@](=O)c2nc3cc(OC([2H])([2H])[2H])ccc3[n-]2)c(C([2H])([2H])[2H])c(OC([2H])([2H])[2H])c1C([2H])([2H])[2H].[2H]c1nc(C[S@](=O)c2nc3cc(OC([2H])([2H])[2H])ccc3[n-]2)c(C([2H])([2H])[2H])c(OC([2H])([2H])[2H])c1C([2H])([2H])[2H]. The van der Waals surface area contributed by atoms with Crippen molar-refractivity contribution in [2.24, 2.45) is 0 Å². The molecule has 0 bridgehead atoms. The summed E-state index contributed by atoms with van der Waals surface area (Å²) in [4.78, 5) is 23.7. The zero-order chi connectivity index (χ0) is 56.3. The van der Waals surface area contributed by atoms with Crippen molar-refractivity contribution in [1.29, 1.82) is 0 Å². The van der Waals surface area contributed by atoms with Gasteiger partial charge in [0.1, 0.15) is 23.0 Å². The van der Waals surface area contributed by atoms with Gasteiger partial charge in [-0.15, -0.1) is 0 Å². The molecule has 0 amide bonds. The number of rotatable bonds is 10. The number of hydrogen-bond donors (Lipinski definition) is 0. The van der Waals surface area contributed by atoms with Crippen LogP contribution in [0.2, 0.25) is 0 Å². The number of methoxy groups -OCH3 is 4. The normalized spacial score (nSPS) is 22.4. The molecule has 0 aliphatic heterocycles. The van der Waals surface area contributed by atoms with E-state index in [0.717, 1.165) is 0 Å². The maximum absolute atomic E-state index is 13.1. The maximum atomic E-state index is 13.1. The Balaban J connectivity index is 0.000000274. The van der Waals surface area contributed by atoms with Crippen molar-refractivity contribution in [1.82, 2.24) is 29.9 Å². The maximum Gasteiger partial charge on any atom is 0.128 e. The summed E-state index contributed by atoms with van der Waals surface area (Å²) in [5.74, 6) is -3.72. The van der Waals surface area contributed by atoms with Crippen LogP contribution < -0.4 is 28.9 Å². The minimum absolute atomic E-state index is 0.0540. The lowest BCUT2D eigenvalue weighted by Gasteiger charge is -2.12. The second kappa shape index (κ2) is 14.9. The first kappa shape index (κ1) is 14.3. The van der Waals surface area contributed by atoms with Gasteiger partial charge < -0.3 is 38.9 Å². The monoisotopic (exact) mass is 714 g/mol. The number of benzene rings is 2. The van der Waals surface area contributed by atoms with Crippen molar-refractivity contribution < 1.29 is 63.0 Å². The van der Waals surface area contributed by atoms with Crippen LogP contribution in [0.25, 0.3) is 22.1 Å². The summed E-state index contributed by atoms with van der Waals surface area (Å²) < 4.78 is 242. The lowest BCUT2D eigenvalue weighted by Crippen LogP contribution is -2.05. The Hall–Kier alpha value is -4.82. The molecule has 0 saturated heterocycles. The largest absolute Gasteiger partial charge is 0.497 e. The minimum atomic E-state index is -3.27. The van der Waals surface area contributed by atoms with Crippen molar-refractivity contribution in [3.05, 3.63) is 82.4 Å². The Bertz CT molecular complexity index is 2890. The van der Waals surface area contributed by atoms with E-state index in [-0.39, 0.29) is 43.9 Å². The van der Waals surface area contributed by atoms with Crippen LogP contribution in [0.5, 0.6) is 23.0 Å². The first-order chi connectivity index (χ1) is 33.3. The van der Waals surface area contributed by atoms with E-state index < -0.39 is 146 Å². The number of ether oxygens (including phenoxy) is 4. The van der Waals surface area contributed by atoms with Crippen LogP contribution in [0.3, 0.4) is 0 Å². The molecular weight excluding hydrogens is 653 g/mol. The summed E-state index contributed by atoms with van der Waals surface area (Å²) in [6, 6.07) is 7.84. The lowest BCUT2D eigenvalue weighted by atomic mass is 10.1. The van der Waals surface area contributed by atoms with E-state index in [1.807, 2.05) is 0 Å². The highest BCUT2D eigenvalue weighted by Gasteiger charge is 2.14. The van der Waals surface area contributed by atoms with Crippen molar-refractivity contribution in [3.8, 4) is 23.0 Å². The van der Waals surface area contributed by atoms with Crippen LogP contribution in [0.4, 0.5) is 0 Å². The topological polar surface area (TPSA) is 151 Å². The zero-order valence-electron chi connectivity index (χ0n) is 49.8. The van der Waals surface area contributed by atoms with Gasteiger partial charge in [0, 0.05) is 61.4 Å². The molecule has 0 unspecified atom stereocenters. The van der Waals surface area contributed by atoms with Crippen molar-refractivity contribution in [2.75, 3.05) is 28.2 Å². The molecule has 6 aromatic rings. The average molecular weight is 715 g/mol. The molecule has 12 nitrogen and oxygen atoms in total. The number of hydrogen-bond acceptors (Lipinski definition) is 10. The molecule has 0 fully saturated rings. The molecule has 14 heteroatoms. The van der Waals surface area contributed by atoms with E-state index in [1.165, 1.54) is 36.4 Å². The summed E-state index contributed by atoms with van der Waals surface area (Å²) >= 11 is 0. The van der Waals surface area contributed by atoms with E-state index in [4.69, 9.17) is 54.6 Å². The van der Waals surface area contributed by atoms with Gasteiger partial charge in [0.15, 0.2) is 0 Å². The molecule has 0 radical (unpaired) electrons. The van der Waals surface area contributed by atoms with E-state index >= 15 is 0 Å². The summed E-state index contributed by atoms with van der Waals surface area (Å²) in [5.41, 5.74) is -4.29. The number of imidazole rings is 2. The standard InChI is InChI=1S/2C17H18N3O3S/c2*1-10-8-18-15(11(2)16(10)23-4)9-24(21)17-19-13-6-5-12(22-3)7-14(13)20-17/h2*5-8H,9H2,1-4H3/q2*-1/t2*24-/m10/s1/i2*1D3,2D3,3D3,4D3,8D. The minimum Gasteiger partial charge on any atom is -0.497 e. The van der Waals surface area contributed by atoms with Crippen molar-refractivity contribution in [3.63, 3.8) is 0 Å². The summed E-state index contributed by atoms with van der Waals surface area (Å²) in [5, 5.41) is -0.604. The molecule has 2 aromatic carbocycles. The smallest absolute Gasteiger partial charge is 0.128 e. The quantitative estimate of drug-likeness (QED) is 0.187. The molecule has 0 spiro atoms. The van der Waals surface area contributed by atoms with Gasteiger partial charge in [0.25, 0.3) is 0 Å². The number of fused-ring (bicyclic) bond motifs is 2. The van der Waals surface area contributed by atoms with E-state index in [2.05, 4.69) is 29.9 Å². The van der Waals surface area contributed by atoms with Gasteiger partial charge in [0.05, 0.1) is 91.8 Å². The third-order valence-electron chi connectivity index (χ3n) is 6.23. The van der Waals surface area contributed by atoms with Crippen LogP contribution >= 0.6 is 0 Å². The fourth-order valence-electron chi connectivity index (χ4n) is 3.93. The molecule has 2 atom stereocenters. The lowest BCUT2D eigenvalue weighted by molar-refractivity contribution is 0.407. The predicted molar refractivity (Wildman–Crippen MR) is 184 cm³/mol. The van der Waals surface area contributed by atoms with Gasteiger partial charge in [-0.2, -0.15) is 0 Å². The van der Waals surface area contributed by atoms with Crippen LogP contribution in [-0.2, 0) is 33.1 Å². The molecule has 6 rings (SSSR count). The molecule has 252 valence electrons. The van der Waals surface area contributed by atoms with Crippen molar-refractivity contribution in [2.45, 2.75) is 49.2 Å². The average Bonchev–Trinajstić information content (AvgIpc) is 3.77. The van der Waals surface area contributed by atoms with Gasteiger partial charge in [0.2, 0.25) is 0 Å². The van der Waals surface area contributed by atoms with E-state index in [0.29, 0.717) is 0 Å². The third kappa shape index (κ3) is 7.34. The first-order valence-corrected chi connectivity index (χ1v) is 15.5. The molecule has 0 N–H and O–H groups in total. The second-order valence-electron chi connectivity index (χ2n) is 9.20. The number of nitrogens with zero attached hydrogens (tertiary/aromatic N) is 6. The van der Waals surface area contributed by atoms with Crippen LogP contribution in [0, 0.1) is 27.4 Å². The van der Waals surface area contributed by atoms with Gasteiger partial charge in [-0.25, -0.2) is 0 Å². The fourth-order valence-corrected chi connectivity index (χ4v) is 5.90. The van der Waals surface area contributed by atoms with Gasteiger partial charge >= 0.3 is 0 Å². The Kier molecular flexibility index (Phi) is 4.47. The number of aromatic nitrogens is 6. The van der Waals surface area contributed by atoms with Crippen LogP contribution in [0.15, 0.2) is 59.1 Å². The first-order valence-electron chi connectivity index (χ1n) is 25.8. The van der Waals surface area contributed by atoms with Gasteiger partial charge in [-0.05, 0) is 73.7 Å². The summed E-state index contributed by atoms with van der Waals surface area (Å²) in [7, 11) is -16.4. The molecule has 0 saturated carbocycles. The third-order valence-corrected chi connectivity index (χ3v) is 8.48. The van der Waals surface area contributed by atoms with Gasteiger partial charge in [-0.3, -0.25) is 18.4 Å². The van der Waals surface area contributed by atoms with Crippen LogP contribution in [-0.4, -0.2) is 56.5 Å². The van der Waals surface area contributed by atoms with E-state index in [1.54, 1.807) is 0 Å². The molecular formula is C34H36N6O6S2-2. The van der Waals surface area contributed by atoms with Crippen LogP contribution in [0.1, 0.15) is 69.3 Å². The van der Waals surface area contributed by atoms with Gasteiger partial charge in [-0.1, -0.05) is 12.1 Å². The molecule has 0 aliphatic carbocycles.